The van der Waals surface area contributed by atoms with Crippen LogP contribution in [0.25, 0.3) is 0 Å². The van der Waals surface area contributed by atoms with Crippen molar-refractivity contribution in [3.8, 4) is 0 Å². The Labute approximate surface area is 139 Å². The van der Waals surface area contributed by atoms with Crippen molar-refractivity contribution in [1.82, 2.24) is 0 Å². The SMILES string of the molecule is CC(C)C(C)(C)CC(C)(C)OC(=O)C1=CC=C(C(=O)CO)CC1. The van der Waals surface area contributed by atoms with Gasteiger partial charge in [-0.1, -0.05) is 39.8 Å². The summed E-state index contributed by atoms with van der Waals surface area (Å²) in [5.74, 6) is -0.113. The monoisotopic (exact) mass is 322 g/mol. The number of allylic oxidation sites excluding steroid dienone is 2. The molecule has 0 amide bonds. The van der Waals surface area contributed by atoms with Crippen LogP contribution in [0.2, 0.25) is 0 Å². The van der Waals surface area contributed by atoms with Crippen molar-refractivity contribution in [3.63, 3.8) is 0 Å². The normalized spacial score (nSPS) is 16.0. The van der Waals surface area contributed by atoms with E-state index in [9.17, 15) is 9.59 Å². The van der Waals surface area contributed by atoms with E-state index in [4.69, 9.17) is 9.84 Å². The van der Waals surface area contributed by atoms with E-state index >= 15 is 0 Å². The molecule has 0 bridgehead atoms. The largest absolute Gasteiger partial charge is 0.456 e. The number of hydrogen-bond acceptors (Lipinski definition) is 4. The maximum absolute atomic E-state index is 12.4. The molecule has 0 spiro atoms. The lowest BCUT2D eigenvalue weighted by molar-refractivity contribution is -0.155. The summed E-state index contributed by atoms with van der Waals surface area (Å²) in [4.78, 5) is 23.8. The third-order valence-corrected chi connectivity index (χ3v) is 4.73. The van der Waals surface area contributed by atoms with Gasteiger partial charge in [0.25, 0.3) is 0 Å². The first-order valence-corrected chi connectivity index (χ1v) is 8.25. The molecule has 0 unspecified atom stereocenters. The molecule has 0 saturated heterocycles. The molecule has 4 nitrogen and oxygen atoms in total. The highest BCUT2D eigenvalue weighted by Crippen LogP contribution is 2.37. The van der Waals surface area contributed by atoms with Crippen molar-refractivity contribution in [2.75, 3.05) is 6.61 Å². The molecule has 0 aromatic heterocycles. The number of hydrogen-bond donors (Lipinski definition) is 1. The fourth-order valence-electron chi connectivity index (χ4n) is 2.80. The quantitative estimate of drug-likeness (QED) is 0.728. The number of aliphatic hydroxyl groups excluding tert-OH is 1. The van der Waals surface area contributed by atoms with E-state index in [1.165, 1.54) is 0 Å². The zero-order valence-corrected chi connectivity index (χ0v) is 15.2. The van der Waals surface area contributed by atoms with Crippen LogP contribution in [-0.2, 0) is 14.3 Å². The fourth-order valence-corrected chi connectivity index (χ4v) is 2.80. The maximum Gasteiger partial charge on any atom is 0.334 e. The van der Waals surface area contributed by atoms with E-state index in [1.54, 1.807) is 12.2 Å². The number of esters is 1. The van der Waals surface area contributed by atoms with E-state index in [-0.39, 0.29) is 17.2 Å². The topological polar surface area (TPSA) is 63.6 Å². The molecular weight excluding hydrogens is 292 g/mol. The number of carbonyl (C=O) groups is 2. The summed E-state index contributed by atoms with van der Waals surface area (Å²) >= 11 is 0. The zero-order valence-electron chi connectivity index (χ0n) is 15.2. The second-order valence-corrected chi connectivity index (χ2v) is 7.93. The number of aliphatic hydroxyl groups is 1. The average Bonchev–Trinajstić information content (AvgIpc) is 2.44. The van der Waals surface area contributed by atoms with Crippen molar-refractivity contribution < 1.29 is 19.4 Å². The Balaban J connectivity index is 2.74. The Hall–Kier alpha value is -1.42. The lowest BCUT2D eigenvalue weighted by atomic mass is 9.73. The average molecular weight is 322 g/mol. The van der Waals surface area contributed by atoms with E-state index in [0.717, 1.165) is 6.42 Å². The van der Waals surface area contributed by atoms with Crippen LogP contribution in [0.4, 0.5) is 0 Å². The molecule has 0 atom stereocenters. The predicted octanol–water partition coefficient (Wildman–Crippen LogP) is 3.59. The number of rotatable bonds is 7. The predicted molar refractivity (Wildman–Crippen MR) is 90.9 cm³/mol. The molecule has 0 heterocycles. The van der Waals surface area contributed by atoms with Crippen LogP contribution in [-0.4, -0.2) is 29.1 Å². The molecule has 23 heavy (non-hydrogen) atoms. The van der Waals surface area contributed by atoms with Crippen molar-refractivity contribution in [1.29, 1.82) is 0 Å². The van der Waals surface area contributed by atoms with Gasteiger partial charge in [-0.2, -0.15) is 0 Å². The molecule has 1 N–H and O–H groups in total. The van der Waals surface area contributed by atoms with Crippen LogP contribution >= 0.6 is 0 Å². The lowest BCUT2D eigenvalue weighted by Crippen LogP contribution is -2.36. The minimum atomic E-state index is -0.545. The molecule has 1 rings (SSSR count). The summed E-state index contributed by atoms with van der Waals surface area (Å²) in [6, 6.07) is 0. The van der Waals surface area contributed by atoms with E-state index in [0.29, 0.717) is 29.9 Å². The Morgan fingerprint density at radius 3 is 2.09 bits per heavy atom. The van der Waals surface area contributed by atoms with Crippen LogP contribution in [0, 0.1) is 11.3 Å². The van der Waals surface area contributed by atoms with Gasteiger partial charge in [0, 0.05) is 5.57 Å². The molecule has 0 saturated carbocycles. The number of ether oxygens (including phenoxy) is 1. The first-order chi connectivity index (χ1) is 10.5. The number of carbonyl (C=O) groups excluding carboxylic acids is 2. The van der Waals surface area contributed by atoms with Gasteiger partial charge in [-0.25, -0.2) is 4.79 Å². The summed E-state index contributed by atoms with van der Waals surface area (Å²) in [5, 5.41) is 8.87. The van der Waals surface area contributed by atoms with E-state index in [2.05, 4.69) is 27.7 Å². The van der Waals surface area contributed by atoms with Gasteiger partial charge >= 0.3 is 5.97 Å². The molecule has 0 radical (unpaired) electrons. The molecule has 130 valence electrons. The minimum Gasteiger partial charge on any atom is -0.456 e. The highest BCUT2D eigenvalue weighted by Gasteiger charge is 2.34. The highest BCUT2D eigenvalue weighted by atomic mass is 16.6. The van der Waals surface area contributed by atoms with Gasteiger partial charge in [0.05, 0.1) is 0 Å². The van der Waals surface area contributed by atoms with Crippen molar-refractivity contribution in [2.45, 2.75) is 66.4 Å². The Kier molecular flexibility index (Phi) is 6.34. The van der Waals surface area contributed by atoms with E-state index < -0.39 is 12.2 Å². The van der Waals surface area contributed by atoms with Crippen molar-refractivity contribution in [2.24, 2.45) is 11.3 Å². The second kappa shape index (κ2) is 7.43. The van der Waals surface area contributed by atoms with Crippen LogP contribution in [0.15, 0.2) is 23.3 Å². The molecule has 1 aliphatic carbocycles. The Bertz CT molecular complexity index is 521. The molecule has 4 heteroatoms. The highest BCUT2D eigenvalue weighted by molar-refractivity contribution is 5.98. The van der Waals surface area contributed by atoms with Crippen molar-refractivity contribution >= 4 is 11.8 Å². The van der Waals surface area contributed by atoms with Crippen LogP contribution in [0.5, 0.6) is 0 Å². The molecule has 1 aliphatic rings. The van der Waals surface area contributed by atoms with Crippen LogP contribution in [0.1, 0.15) is 60.8 Å². The van der Waals surface area contributed by atoms with Gasteiger partial charge in [0.15, 0.2) is 5.78 Å². The number of Topliss-reactive ketones (excluding diaryl/α,β-unsaturated/α-hetero) is 1. The van der Waals surface area contributed by atoms with Gasteiger partial charge < -0.3 is 9.84 Å². The maximum atomic E-state index is 12.4. The summed E-state index contributed by atoms with van der Waals surface area (Å²) in [7, 11) is 0. The lowest BCUT2D eigenvalue weighted by Gasteiger charge is -2.37. The van der Waals surface area contributed by atoms with Gasteiger partial charge in [0.1, 0.15) is 12.2 Å². The molecule has 0 fully saturated rings. The van der Waals surface area contributed by atoms with Gasteiger partial charge in [-0.05, 0) is 50.0 Å². The van der Waals surface area contributed by atoms with Gasteiger partial charge in [-0.3, -0.25) is 4.79 Å². The first-order valence-electron chi connectivity index (χ1n) is 8.25. The molecule has 0 aromatic rings. The fraction of sp³-hybridized carbons (Fsp3) is 0.684. The Morgan fingerprint density at radius 1 is 1.13 bits per heavy atom. The smallest absolute Gasteiger partial charge is 0.334 e. The standard InChI is InChI=1S/C19H30O4/c1-13(2)18(3,4)12-19(5,6)23-17(22)15-9-7-14(8-10-15)16(21)11-20/h7,9,13,20H,8,10-12H2,1-6H3. The Morgan fingerprint density at radius 2 is 1.65 bits per heavy atom. The minimum absolute atomic E-state index is 0.0747. The third kappa shape index (κ3) is 5.61. The van der Waals surface area contributed by atoms with Crippen LogP contribution < -0.4 is 0 Å². The first kappa shape index (κ1) is 19.6. The molecule has 0 aromatic carbocycles. The van der Waals surface area contributed by atoms with E-state index in [1.807, 2.05) is 13.8 Å². The second-order valence-electron chi connectivity index (χ2n) is 7.93. The van der Waals surface area contributed by atoms with Gasteiger partial charge in [-0.15, -0.1) is 0 Å². The summed E-state index contributed by atoms with van der Waals surface area (Å²) in [6.45, 7) is 12.1. The molecular formula is C19H30O4. The third-order valence-electron chi connectivity index (χ3n) is 4.73. The summed E-state index contributed by atoms with van der Waals surface area (Å²) in [6.07, 6.45) is 4.97. The zero-order chi connectivity index (χ0) is 17.8. The number of ketones is 1. The van der Waals surface area contributed by atoms with Gasteiger partial charge in [0.2, 0.25) is 0 Å². The van der Waals surface area contributed by atoms with Crippen molar-refractivity contribution in [3.05, 3.63) is 23.3 Å². The summed E-state index contributed by atoms with van der Waals surface area (Å²) in [5.41, 5.74) is 0.668. The van der Waals surface area contributed by atoms with Crippen LogP contribution in [0.3, 0.4) is 0 Å². The summed E-state index contributed by atoms with van der Waals surface area (Å²) < 4.78 is 5.71. The molecule has 0 aliphatic heterocycles.